The van der Waals surface area contributed by atoms with Gasteiger partial charge in [0.25, 0.3) is 0 Å². The van der Waals surface area contributed by atoms with Crippen LogP contribution in [0, 0.1) is 5.41 Å². The van der Waals surface area contributed by atoms with Crippen LogP contribution < -0.4 is 5.73 Å². The molecule has 0 aromatic carbocycles. The van der Waals surface area contributed by atoms with E-state index in [1.165, 1.54) is 31.3 Å². The third kappa shape index (κ3) is 8.68. The first kappa shape index (κ1) is 14.7. The molecule has 0 saturated heterocycles. The molecule has 0 radical (unpaired) electrons. The molecule has 1 atom stereocenters. The first-order valence-electron chi connectivity index (χ1n) is 6.29. The van der Waals surface area contributed by atoms with E-state index in [1.54, 1.807) is 0 Å². The standard InChI is InChI=1S/C14H29N/c1-6-14(4,5)11-10-12(2)8-7-9-13(3)15/h13H,2,6-11,15H2,1,3-5H3. The summed E-state index contributed by atoms with van der Waals surface area (Å²) in [5, 5.41) is 0. The second-order valence-electron chi connectivity index (χ2n) is 5.64. The highest BCUT2D eigenvalue weighted by atomic mass is 14.6. The Morgan fingerprint density at radius 1 is 1.33 bits per heavy atom. The quantitative estimate of drug-likeness (QED) is 0.596. The minimum atomic E-state index is 0.338. The van der Waals surface area contributed by atoms with Gasteiger partial charge in [-0.3, -0.25) is 0 Å². The van der Waals surface area contributed by atoms with Crippen LogP contribution in [0.2, 0.25) is 0 Å². The highest BCUT2D eigenvalue weighted by Gasteiger charge is 2.14. The van der Waals surface area contributed by atoms with Gasteiger partial charge < -0.3 is 5.73 Å². The van der Waals surface area contributed by atoms with E-state index in [0.717, 1.165) is 12.8 Å². The van der Waals surface area contributed by atoms with Gasteiger partial charge in [0.15, 0.2) is 0 Å². The lowest BCUT2D eigenvalue weighted by atomic mass is 9.83. The summed E-state index contributed by atoms with van der Waals surface area (Å²) >= 11 is 0. The summed E-state index contributed by atoms with van der Waals surface area (Å²) in [7, 11) is 0. The Morgan fingerprint density at radius 2 is 1.93 bits per heavy atom. The van der Waals surface area contributed by atoms with Gasteiger partial charge in [0.05, 0.1) is 0 Å². The highest BCUT2D eigenvalue weighted by molar-refractivity contribution is 4.95. The van der Waals surface area contributed by atoms with Crippen molar-refractivity contribution in [3.05, 3.63) is 12.2 Å². The molecule has 1 heteroatoms. The molecule has 0 spiro atoms. The Morgan fingerprint density at radius 3 is 2.40 bits per heavy atom. The van der Waals surface area contributed by atoms with Gasteiger partial charge in [0.2, 0.25) is 0 Å². The SMILES string of the molecule is C=C(CCCC(C)N)CCC(C)(C)CC. The smallest absolute Gasteiger partial charge is 0.00105 e. The minimum Gasteiger partial charge on any atom is -0.328 e. The first-order chi connectivity index (χ1) is 6.87. The largest absolute Gasteiger partial charge is 0.328 e. The molecule has 0 rings (SSSR count). The topological polar surface area (TPSA) is 26.0 Å². The molecule has 0 aliphatic carbocycles. The van der Waals surface area contributed by atoms with Crippen molar-refractivity contribution in [1.29, 1.82) is 0 Å². The number of rotatable bonds is 8. The van der Waals surface area contributed by atoms with Gasteiger partial charge in [0.1, 0.15) is 0 Å². The molecule has 0 bridgehead atoms. The van der Waals surface area contributed by atoms with Crippen LogP contribution in [-0.4, -0.2) is 6.04 Å². The van der Waals surface area contributed by atoms with E-state index in [4.69, 9.17) is 5.73 Å². The average Bonchev–Trinajstić information content (AvgIpc) is 2.14. The van der Waals surface area contributed by atoms with Crippen LogP contribution >= 0.6 is 0 Å². The molecular weight excluding hydrogens is 182 g/mol. The molecule has 2 N–H and O–H groups in total. The maximum Gasteiger partial charge on any atom is 0.00105 e. The van der Waals surface area contributed by atoms with Gasteiger partial charge in [-0.15, -0.1) is 0 Å². The Kier molecular flexibility index (Phi) is 6.91. The van der Waals surface area contributed by atoms with E-state index < -0.39 is 0 Å². The number of allylic oxidation sites excluding steroid dienone is 1. The monoisotopic (exact) mass is 211 g/mol. The fourth-order valence-corrected chi connectivity index (χ4v) is 1.49. The van der Waals surface area contributed by atoms with Crippen LogP contribution in [0.1, 0.15) is 66.2 Å². The second kappa shape index (κ2) is 7.05. The third-order valence-electron chi connectivity index (χ3n) is 3.30. The first-order valence-corrected chi connectivity index (χ1v) is 6.29. The minimum absolute atomic E-state index is 0.338. The molecule has 0 aliphatic heterocycles. The van der Waals surface area contributed by atoms with Gasteiger partial charge >= 0.3 is 0 Å². The van der Waals surface area contributed by atoms with Gasteiger partial charge in [-0.25, -0.2) is 0 Å². The van der Waals surface area contributed by atoms with E-state index in [0.29, 0.717) is 11.5 Å². The Hall–Kier alpha value is -0.300. The maximum absolute atomic E-state index is 5.71. The lowest BCUT2D eigenvalue weighted by molar-refractivity contribution is 0.321. The highest BCUT2D eigenvalue weighted by Crippen LogP contribution is 2.28. The number of hydrogen-bond acceptors (Lipinski definition) is 1. The van der Waals surface area contributed by atoms with Crippen molar-refractivity contribution in [2.75, 3.05) is 0 Å². The maximum atomic E-state index is 5.71. The van der Waals surface area contributed by atoms with Crippen molar-refractivity contribution in [1.82, 2.24) is 0 Å². The third-order valence-corrected chi connectivity index (χ3v) is 3.30. The van der Waals surface area contributed by atoms with Gasteiger partial charge in [0, 0.05) is 6.04 Å². The molecule has 1 unspecified atom stereocenters. The van der Waals surface area contributed by atoms with Crippen molar-refractivity contribution < 1.29 is 0 Å². The molecule has 0 heterocycles. The summed E-state index contributed by atoms with van der Waals surface area (Å²) in [4.78, 5) is 0. The van der Waals surface area contributed by atoms with Gasteiger partial charge in [-0.1, -0.05) is 39.3 Å². The number of nitrogens with two attached hydrogens (primary N) is 1. The van der Waals surface area contributed by atoms with Gasteiger partial charge in [-0.05, 0) is 44.4 Å². The lowest BCUT2D eigenvalue weighted by Crippen LogP contribution is -2.14. The van der Waals surface area contributed by atoms with E-state index >= 15 is 0 Å². The van der Waals surface area contributed by atoms with Crippen molar-refractivity contribution in [2.24, 2.45) is 11.1 Å². The molecule has 0 aliphatic rings. The lowest BCUT2D eigenvalue weighted by Gasteiger charge is -2.22. The molecule has 0 saturated carbocycles. The van der Waals surface area contributed by atoms with E-state index in [1.807, 2.05) is 0 Å². The summed E-state index contributed by atoms with van der Waals surface area (Å²) in [6, 6.07) is 0.338. The van der Waals surface area contributed by atoms with Gasteiger partial charge in [-0.2, -0.15) is 0 Å². The number of hydrogen-bond donors (Lipinski definition) is 1. The van der Waals surface area contributed by atoms with Crippen molar-refractivity contribution >= 4 is 0 Å². The molecule has 1 nitrogen and oxygen atoms in total. The fraction of sp³-hybridized carbons (Fsp3) is 0.857. The summed E-state index contributed by atoms with van der Waals surface area (Å²) in [6.07, 6.45) is 7.17. The summed E-state index contributed by atoms with van der Waals surface area (Å²) in [5.41, 5.74) is 7.59. The normalized spacial score (nSPS) is 13.9. The van der Waals surface area contributed by atoms with Crippen molar-refractivity contribution in [3.63, 3.8) is 0 Å². The molecule has 0 aromatic heterocycles. The second-order valence-corrected chi connectivity index (χ2v) is 5.64. The Balaban J connectivity index is 3.58. The van der Waals surface area contributed by atoms with Crippen LogP contribution in [0.4, 0.5) is 0 Å². The van der Waals surface area contributed by atoms with Crippen LogP contribution in [-0.2, 0) is 0 Å². The van der Waals surface area contributed by atoms with E-state index in [-0.39, 0.29) is 0 Å². The predicted octanol–water partition coefficient (Wildman–Crippen LogP) is 4.28. The zero-order valence-electron chi connectivity index (χ0n) is 11.1. The van der Waals surface area contributed by atoms with Crippen LogP contribution in [0.15, 0.2) is 12.2 Å². The van der Waals surface area contributed by atoms with Crippen LogP contribution in [0.25, 0.3) is 0 Å². The van der Waals surface area contributed by atoms with Crippen LogP contribution in [0.3, 0.4) is 0 Å². The average molecular weight is 211 g/mol. The Bertz CT molecular complexity index is 180. The molecule has 15 heavy (non-hydrogen) atoms. The van der Waals surface area contributed by atoms with E-state index in [2.05, 4.69) is 34.3 Å². The molecule has 0 fully saturated rings. The molecular formula is C14H29N. The van der Waals surface area contributed by atoms with Crippen LogP contribution in [0.5, 0.6) is 0 Å². The molecule has 0 aromatic rings. The summed E-state index contributed by atoms with van der Waals surface area (Å²) in [6.45, 7) is 13.2. The zero-order chi connectivity index (χ0) is 11.9. The molecule has 90 valence electrons. The zero-order valence-corrected chi connectivity index (χ0v) is 11.1. The Labute approximate surface area is 96.1 Å². The fourth-order valence-electron chi connectivity index (χ4n) is 1.49. The summed E-state index contributed by atoms with van der Waals surface area (Å²) in [5.74, 6) is 0. The van der Waals surface area contributed by atoms with Crippen molar-refractivity contribution in [2.45, 2.75) is 72.3 Å². The summed E-state index contributed by atoms with van der Waals surface area (Å²) < 4.78 is 0. The molecule has 0 amide bonds. The van der Waals surface area contributed by atoms with Crippen molar-refractivity contribution in [3.8, 4) is 0 Å². The van der Waals surface area contributed by atoms with E-state index in [9.17, 15) is 0 Å². The predicted molar refractivity (Wildman–Crippen MR) is 69.9 cm³/mol.